The second-order valence-electron chi connectivity index (χ2n) is 8.05. The number of halogens is 1. The van der Waals surface area contributed by atoms with Crippen LogP contribution in [-0.2, 0) is 4.79 Å². The number of nitrogens with zero attached hydrogens (tertiary/aromatic N) is 3. The summed E-state index contributed by atoms with van der Waals surface area (Å²) in [7, 11) is 0. The molecule has 0 aliphatic carbocycles. The molecule has 2 heterocycles. The van der Waals surface area contributed by atoms with Crippen molar-refractivity contribution in [1.82, 2.24) is 4.90 Å². The molecule has 154 valence electrons. The number of rotatable bonds is 4. The molecule has 2 aromatic rings. The van der Waals surface area contributed by atoms with Crippen molar-refractivity contribution in [2.45, 2.75) is 6.92 Å². The second-order valence-corrected chi connectivity index (χ2v) is 8.48. The molecule has 4 rings (SSSR count). The highest BCUT2D eigenvalue weighted by Gasteiger charge is 2.27. The van der Waals surface area contributed by atoms with Crippen molar-refractivity contribution in [3.63, 3.8) is 0 Å². The number of hydrogen-bond donors (Lipinski definition) is 1. The molecule has 0 atom stereocenters. The largest absolute Gasteiger partial charge is 0.368 e. The minimum Gasteiger partial charge on any atom is -0.368 e. The fourth-order valence-electron chi connectivity index (χ4n) is 4.37. The highest BCUT2D eigenvalue weighted by Crippen LogP contribution is 2.21. The van der Waals surface area contributed by atoms with E-state index in [9.17, 15) is 4.79 Å². The quantitative estimate of drug-likeness (QED) is 0.827. The molecule has 0 unspecified atom stereocenters. The van der Waals surface area contributed by atoms with Gasteiger partial charge in [0.1, 0.15) is 0 Å². The van der Waals surface area contributed by atoms with Crippen molar-refractivity contribution in [2.75, 3.05) is 68.7 Å². The highest BCUT2D eigenvalue weighted by atomic mass is 35.5. The van der Waals surface area contributed by atoms with E-state index in [-0.39, 0.29) is 5.91 Å². The van der Waals surface area contributed by atoms with Crippen LogP contribution in [0.4, 0.5) is 11.4 Å². The van der Waals surface area contributed by atoms with Crippen LogP contribution in [0.2, 0.25) is 5.02 Å². The SMILES string of the molecule is Cc1ccccc1N1CC[NH+](CC(=O)N2CCN(c3cccc(Cl)c3)CC2)CC1. The van der Waals surface area contributed by atoms with E-state index in [1.807, 2.05) is 23.1 Å². The van der Waals surface area contributed by atoms with Gasteiger partial charge < -0.3 is 19.6 Å². The van der Waals surface area contributed by atoms with Crippen LogP contribution < -0.4 is 14.7 Å². The Morgan fingerprint density at radius 2 is 1.66 bits per heavy atom. The number of para-hydroxylation sites is 1. The van der Waals surface area contributed by atoms with E-state index >= 15 is 0 Å². The van der Waals surface area contributed by atoms with E-state index < -0.39 is 0 Å². The van der Waals surface area contributed by atoms with Crippen molar-refractivity contribution in [2.24, 2.45) is 0 Å². The van der Waals surface area contributed by atoms with Crippen molar-refractivity contribution < 1.29 is 9.69 Å². The predicted octanol–water partition coefficient (Wildman–Crippen LogP) is 1.70. The number of benzene rings is 2. The number of aryl methyl sites for hydroxylation is 1. The first-order chi connectivity index (χ1) is 14.1. The monoisotopic (exact) mass is 413 g/mol. The van der Waals surface area contributed by atoms with Gasteiger partial charge in [0, 0.05) is 42.6 Å². The molecule has 2 aromatic carbocycles. The van der Waals surface area contributed by atoms with Crippen LogP contribution >= 0.6 is 11.6 Å². The van der Waals surface area contributed by atoms with Crippen LogP contribution in [0, 0.1) is 6.92 Å². The van der Waals surface area contributed by atoms with Crippen molar-refractivity contribution in [3.05, 3.63) is 59.1 Å². The zero-order valence-corrected chi connectivity index (χ0v) is 17.9. The summed E-state index contributed by atoms with van der Waals surface area (Å²) < 4.78 is 0. The van der Waals surface area contributed by atoms with E-state index in [2.05, 4.69) is 47.1 Å². The Bertz CT molecular complexity index is 842. The highest BCUT2D eigenvalue weighted by molar-refractivity contribution is 6.30. The number of anilines is 2. The third-order valence-electron chi connectivity index (χ3n) is 6.13. The van der Waals surface area contributed by atoms with Crippen LogP contribution in [0.1, 0.15) is 5.56 Å². The van der Waals surface area contributed by atoms with Gasteiger partial charge in [0.2, 0.25) is 0 Å². The van der Waals surface area contributed by atoms with Gasteiger partial charge in [-0.15, -0.1) is 0 Å². The number of carbonyl (C=O) groups excluding carboxylic acids is 1. The van der Waals surface area contributed by atoms with Crippen LogP contribution in [0.25, 0.3) is 0 Å². The van der Waals surface area contributed by atoms with Crippen LogP contribution in [0.15, 0.2) is 48.5 Å². The first-order valence-electron chi connectivity index (χ1n) is 10.5. The molecule has 0 aromatic heterocycles. The average Bonchev–Trinajstić information content (AvgIpc) is 2.75. The van der Waals surface area contributed by atoms with Crippen molar-refractivity contribution in [1.29, 1.82) is 0 Å². The van der Waals surface area contributed by atoms with Gasteiger partial charge in [-0.3, -0.25) is 4.79 Å². The summed E-state index contributed by atoms with van der Waals surface area (Å²) in [6.07, 6.45) is 0. The molecule has 0 radical (unpaired) electrons. The van der Waals surface area contributed by atoms with E-state index in [1.54, 1.807) is 0 Å². The molecular formula is C23H30ClN4O+. The topological polar surface area (TPSA) is 31.2 Å². The fourth-order valence-corrected chi connectivity index (χ4v) is 4.56. The molecule has 1 amide bonds. The van der Waals surface area contributed by atoms with Crippen molar-refractivity contribution >= 4 is 28.9 Å². The molecule has 2 aliphatic rings. The lowest BCUT2D eigenvalue weighted by Gasteiger charge is -2.38. The summed E-state index contributed by atoms with van der Waals surface area (Å²) in [4.78, 5) is 21.0. The number of quaternary nitrogens is 1. The van der Waals surface area contributed by atoms with Gasteiger partial charge in [-0.2, -0.15) is 0 Å². The van der Waals surface area contributed by atoms with Crippen LogP contribution in [-0.4, -0.2) is 69.7 Å². The Labute approximate surface area is 178 Å². The summed E-state index contributed by atoms with van der Waals surface area (Å²) in [5, 5.41) is 0.759. The summed E-state index contributed by atoms with van der Waals surface area (Å²) in [6, 6.07) is 16.5. The zero-order valence-electron chi connectivity index (χ0n) is 17.1. The molecular weight excluding hydrogens is 384 g/mol. The van der Waals surface area contributed by atoms with Gasteiger partial charge in [-0.1, -0.05) is 35.9 Å². The molecule has 6 heteroatoms. The molecule has 2 saturated heterocycles. The number of amides is 1. The van der Waals surface area contributed by atoms with Gasteiger partial charge in [0.05, 0.1) is 26.2 Å². The zero-order chi connectivity index (χ0) is 20.2. The smallest absolute Gasteiger partial charge is 0.277 e. The molecule has 0 spiro atoms. The Balaban J connectivity index is 1.24. The lowest BCUT2D eigenvalue weighted by atomic mass is 10.1. The van der Waals surface area contributed by atoms with Gasteiger partial charge in [-0.25, -0.2) is 0 Å². The second kappa shape index (κ2) is 9.06. The van der Waals surface area contributed by atoms with Crippen molar-refractivity contribution in [3.8, 4) is 0 Å². The number of piperazine rings is 2. The van der Waals surface area contributed by atoms with Gasteiger partial charge >= 0.3 is 0 Å². The van der Waals surface area contributed by atoms with Crippen LogP contribution in [0.3, 0.4) is 0 Å². The molecule has 29 heavy (non-hydrogen) atoms. The van der Waals surface area contributed by atoms with E-state index in [0.29, 0.717) is 6.54 Å². The van der Waals surface area contributed by atoms with Gasteiger partial charge in [0.25, 0.3) is 5.91 Å². The van der Waals surface area contributed by atoms with Gasteiger partial charge in [0.15, 0.2) is 6.54 Å². The van der Waals surface area contributed by atoms with E-state index in [0.717, 1.165) is 63.1 Å². The van der Waals surface area contributed by atoms with Crippen LogP contribution in [0.5, 0.6) is 0 Å². The molecule has 5 nitrogen and oxygen atoms in total. The third-order valence-corrected chi connectivity index (χ3v) is 6.37. The Hall–Kier alpha value is -2.24. The molecule has 1 N–H and O–H groups in total. The maximum Gasteiger partial charge on any atom is 0.277 e. The Kier molecular flexibility index (Phi) is 6.26. The Morgan fingerprint density at radius 1 is 0.931 bits per heavy atom. The lowest BCUT2D eigenvalue weighted by molar-refractivity contribution is -0.892. The normalized spacial score (nSPS) is 18.2. The maximum absolute atomic E-state index is 12.8. The maximum atomic E-state index is 12.8. The minimum atomic E-state index is 0.287. The summed E-state index contributed by atoms with van der Waals surface area (Å²) in [6.45, 7) is 10.1. The lowest BCUT2D eigenvalue weighted by Crippen LogP contribution is -3.16. The van der Waals surface area contributed by atoms with E-state index in [4.69, 9.17) is 11.6 Å². The number of nitrogens with one attached hydrogen (secondary N) is 1. The fraction of sp³-hybridized carbons (Fsp3) is 0.435. The molecule has 0 bridgehead atoms. The first-order valence-corrected chi connectivity index (χ1v) is 10.9. The van der Waals surface area contributed by atoms with E-state index in [1.165, 1.54) is 16.2 Å². The first kappa shape index (κ1) is 20.0. The van der Waals surface area contributed by atoms with Gasteiger partial charge in [-0.05, 0) is 36.8 Å². The summed E-state index contributed by atoms with van der Waals surface area (Å²) in [5.74, 6) is 0.287. The summed E-state index contributed by atoms with van der Waals surface area (Å²) >= 11 is 6.11. The minimum absolute atomic E-state index is 0.287. The standard InChI is InChI=1S/C23H29ClN4O/c1-19-5-2-3-8-22(19)27-11-9-25(10-12-27)18-23(29)28-15-13-26(14-16-28)21-7-4-6-20(24)17-21/h2-8,17H,9-16,18H2,1H3/p+1. The molecule has 2 fully saturated rings. The molecule has 2 aliphatic heterocycles. The third kappa shape index (κ3) is 4.85. The summed E-state index contributed by atoms with van der Waals surface area (Å²) in [5.41, 5.74) is 3.79. The predicted molar refractivity (Wildman–Crippen MR) is 119 cm³/mol. The Morgan fingerprint density at radius 3 is 2.34 bits per heavy atom. The number of carbonyl (C=O) groups is 1. The number of hydrogen-bond acceptors (Lipinski definition) is 3. The average molecular weight is 414 g/mol. The molecule has 0 saturated carbocycles.